The van der Waals surface area contributed by atoms with Gasteiger partial charge in [-0.05, 0) is 32.0 Å². The SMILES string of the molecule is Cc1cc(C)nc(SCC(=O)N/N=C/c2cccn2C)n1. The van der Waals surface area contributed by atoms with Crippen LogP contribution < -0.4 is 5.43 Å². The van der Waals surface area contributed by atoms with E-state index in [0.29, 0.717) is 5.16 Å². The van der Waals surface area contributed by atoms with Crippen molar-refractivity contribution in [3.63, 3.8) is 0 Å². The molecule has 0 aliphatic heterocycles. The Kier molecular flexibility index (Phi) is 5.10. The van der Waals surface area contributed by atoms with Gasteiger partial charge in [0.2, 0.25) is 0 Å². The van der Waals surface area contributed by atoms with Crippen LogP contribution in [0.2, 0.25) is 0 Å². The summed E-state index contributed by atoms with van der Waals surface area (Å²) < 4.78 is 1.91. The van der Waals surface area contributed by atoms with Gasteiger partial charge in [-0.1, -0.05) is 11.8 Å². The fraction of sp³-hybridized carbons (Fsp3) is 0.286. The minimum atomic E-state index is -0.187. The Hall–Kier alpha value is -2.15. The number of hydrogen-bond donors (Lipinski definition) is 1. The molecule has 2 heterocycles. The molecule has 0 fully saturated rings. The van der Waals surface area contributed by atoms with Gasteiger partial charge in [0, 0.05) is 24.6 Å². The fourth-order valence-corrected chi connectivity index (χ4v) is 2.44. The first-order valence-electron chi connectivity index (χ1n) is 6.43. The molecule has 2 rings (SSSR count). The van der Waals surface area contributed by atoms with Crippen molar-refractivity contribution in [2.45, 2.75) is 19.0 Å². The molecule has 7 heteroatoms. The molecule has 0 aliphatic carbocycles. The Morgan fingerprint density at radius 2 is 2.14 bits per heavy atom. The van der Waals surface area contributed by atoms with Crippen LogP contribution in [-0.2, 0) is 11.8 Å². The zero-order valence-corrected chi connectivity index (χ0v) is 13.0. The van der Waals surface area contributed by atoms with Crippen molar-refractivity contribution in [2.24, 2.45) is 12.1 Å². The number of nitrogens with zero attached hydrogens (tertiary/aromatic N) is 4. The minimum absolute atomic E-state index is 0.187. The molecule has 0 bridgehead atoms. The van der Waals surface area contributed by atoms with Gasteiger partial charge in [-0.2, -0.15) is 5.10 Å². The molecule has 0 atom stereocenters. The zero-order chi connectivity index (χ0) is 15.2. The maximum absolute atomic E-state index is 11.7. The average molecular weight is 303 g/mol. The second kappa shape index (κ2) is 7.03. The molecule has 0 saturated carbocycles. The minimum Gasteiger partial charge on any atom is -0.350 e. The maximum atomic E-state index is 11.7. The van der Waals surface area contributed by atoms with Gasteiger partial charge in [0.1, 0.15) is 0 Å². The van der Waals surface area contributed by atoms with Crippen molar-refractivity contribution < 1.29 is 4.79 Å². The fourth-order valence-electron chi connectivity index (χ4n) is 1.70. The smallest absolute Gasteiger partial charge is 0.250 e. The lowest BCUT2D eigenvalue weighted by atomic mass is 10.4. The molecule has 0 unspecified atom stereocenters. The first-order chi connectivity index (χ1) is 10.0. The van der Waals surface area contributed by atoms with E-state index in [1.807, 2.05) is 49.9 Å². The summed E-state index contributed by atoms with van der Waals surface area (Å²) in [5, 5.41) is 4.53. The standard InChI is InChI=1S/C14H17N5OS/c1-10-7-11(2)17-14(16-10)21-9-13(20)18-15-8-12-5-4-6-19(12)3/h4-8H,9H2,1-3H3,(H,18,20)/b15-8+. The van der Waals surface area contributed by atoms with Crippen LogP contribution in [0.1, 0.15) is 17.1 Å². The number of hydrazone groups is 1. The number of amides is 1. The number of rotatable bonds is 5. The summed E-state index contributed by atoms with van der Waals surface area (Å²) in [5.74, 6) is 0.0427. The van der Waals surface area contributed by atoms with E-state index in [0.717, 1.165) is 17.1 Å². The molecule has 2 aromatic rings. The molecule has 110 valence electrons. The number of aromatic nitrogens is 3. The topological polar surface area (TPSA) is 72.2 Å². The number of aryl methyl sites for hydroxylation is 3. The van der Waals surface area contributed by atoms with E-state index in [9.17, 15) is 4.79 Å². The van der Waals surface area contributed by atoms with Crippen LogP contribution in [-0.4, -0.2) is 32.4 Å². The molecule has 6 nitrogen and oxygen atoms in total. The molecular weight excluding hydrogens is 286 g/mol. The number of carbonyl (C=O) groups is 1. The zero-order valence-electron chi connectivity index (χ0n) is 12.2. The quantitative estimate of drug-likeness (QED) is 0.395. The van der Waals surface area contributed by atoms with Gasteiger partial charge >= 0.3 is 0 Å². The van der Waals surface area contributed by atoms with Gasteiger partial charge in [0.25, 0.3) is 5.91 Å². The molecule has 0 saturated heterocycles. The van der Waals surface area contributed by atoms with Crippen molar-refractivity contribution in [1.82, 2.24) is 20.0 Å². The van der Waals surface area contributed by atoms with Gasteiger partial charge in [-0.25, -0.2) is 15.4 Å². The molecule has 0 aliphatic rings. The van der Waals surface area contributed by atoms with E-state index in [-0.39, 0.29) is 11.7 Å². The van der Waals surface area contributed by atoms with Gasteiger partial charge in [-0.3, -0.25) is 4.79 Å². The van der Waals surface area contributed by atoms with Gasteiger partial charge in [0.15, 0.2) is 5.16 Å². The average Bonchev–Trinajstić information content (AvgIpc) is 2.81. The third-order valence-corrected chi connectivity index (χ3v) is 3.51. The highest BCUT2D eigenvalue weighted by atomic mass is 32.2. The first-order valence-corrected chi connectivity index (χ1v) is 7.41. The summed E-state index contributed by atoms with van der Waals surface area (Å²) in [6, 6.07) is 5.72. The van der Waals surface area contributed by atoms with E-state index in [4.69, 9.17) is 0 Å². The summed E-state index contributed by atoms with van der Waals surface area (Å²) in [7, 11) is 1.91. The number of hydrogen-bond acceptors (Lipinski definition) is 5. The molecular formula is C14H17N5OS. The Balaban J connectivity index is 1.82. The molecule has 0 aromatic carbocycles. The molecule has 21 heavy (non-hydrogen) atoms. The second-order valence-corrected chi connectivity index (χ2v) is 5.50. The van der Waals surface area contributed by atoms with Crippen molar-refractivity contribution in [2.75, 3.05) is 5.75 Å². The van der Waals surface area contributed by atoms with Crippen molar-refractivity contribution >= 4 is 23.9 Å². The second-order valence-electron chi connectivity index (χ2n) is 4.56. The van der Waals surface area contributed by atoms with Crippen LogP contribution in [0.4, 0.5) is 0 Å². The van der Waals surface area contributed by atoms with Crippen molar-refractivity contribution in [1.29, 1.82) is 0 Å². The Labute approximate surface area is 127 Å². The number of carbonyl (C=O) groups excluding carboxylic acids is 1. The van der Waals surface area contributed by atoms with Crippen LogP contribution in [0.5, 0.6) is 0 Å². The van der Waals surface area contributed by atoms with Crippen LogP contribution >= 0.6 is 11.8 Å². The van der Waals surface area contributed by atoms with E-state index in [1.165, 1.54) is 11.8 Å². The Bertz CT molecular complexity index is 645. The first kappa shape index (κ1) is 15.2. The number of thioether (sulfide) groups is 1. The third kappa shape index (κ3) is 4.71. The third-order valence-electron chi connectivity index (χ3n) is 2.66. The molecule has 1 amide bonds. The van der Waals surface area contributed by atoms with E-state index >= 15 is 0 Å². The lowest BCUT2D eigenvalue weighted by molar-refractivity contribution is -0.118. The Morgan fingerprint density at radius 3 is 2.76 bits per heavy atom. The van der Waals surface area contributed by atoms with Crippen LogP contribution in [0.25, 0.3) is 0 Å². The summed E-state index contributed by atoms with van der Waals surface area (Å²) >= 11 is 1.29. The van der Waals surface area contributed by atoms with Gasteiger partial charge in [0.05, 0.1) is 17.7 Å². The predicted molar refractivity (Wildman–Crippen MR) is 83.4 cm³/mol. The van der Waals surface area contributed by atoms with Crippen LogP contribution in [0.3, 0.4) is 0 Å². The van der Waals surface area contributed by atoms with Gasteiger partial charge in [-0.15, -0.1) is 0 Å². The van der Waals surface area contributed by atoms with Gasteiger partial charge < -0.3 is 4.57 Å². The lowest BCUT2D eigenvalue weighted by Crippen LogP contribution is -2.20. The van der Waals surface area contributed by atoms with Crippen molar-refractivity contribution in [3.05, 3.63) is 41.5 Å². The van der Waals surface area contributed by atoms with Crippen LogP contribution in [0, 0.1) is 13.8 Å². The normalized spacial score (nSPS) is 11.0. The van der Waals surface area contributed by atoms with E-state index in [2.05, 4.69) is 20.5 Å². The highest BCUT2D eigenvalue weighted by Crippen LogP contribution is 2.13. The predicted octanol–water partition coefficient (Wildman–Crippen LogP) is 1.67. The lowest BCUT2D eigenvalue weighted by Gasteiger charge is -2.02. The van der Waals surface area contributed by atoms with Crippen molar-refractivity contribution in [3.8, 4) is 0 Å². The summed E-state index contributed by atoms with van der Waals surface area (Å²) in [6.07, 6.45) is 3.52. The molecule has 2 aromatic heterocycles. The van der Waals surface area contributed by atoms with Crippen LogP contribution in [0.15, 0.2) is 34.7 Å². The summed E-state index contributed by atoms with van der Waals surface area (Å²) in [6.45, 7) is 3.81. The highest BCUT2D eigenvalue weighted by molar-refractivity contribution is 7.99. The number of nitrogens with one attached hydrogen (secondary N) is 1. The maximum Gasteiger partial charge on any atom is 0.250 e. The van der Waals surface area contributed by atoms with E-state index < -0.39 is 0 Å². The summed E-state index contributed by atoms with van der Waals surface area (Å²) in [4.78, 5) is 20.2. The van der Waals surface area contributed by atoms with E-state index in [1.54, 1.807) is 6.21 Å². The molecule has 0 spiro atoms. The monoisotopic (exact) mass is 303 g/mol. The summed E-state index contributed by atoms with van der Waals surface area (Å²) in [5.41, 5.74) is 5.20. The molecule has 1 N–H and O–H groups in total. The molecule has 0 radical (unpaired) electrons. The Morgan fingerprint density at radius 1 is 1.43 bits per heavy atom. The largest absolute Gasteiger partial charge is 0.350 e. The highest BCUT2D eigenvalue weighted by Gasteiger charge is 2.05.